The fourth-order valence-corrected chi connectivity index (χ4v) is 3.97. The highest BCUT2D eigenvalue weighted by molar-refractivity contribution is 7.98. The molecule has 0 heterocycles. The van der Waals surface area contributed by atoms with E-state index in [-0.39, 0.29) is 5.91 Å². The summed E-state index contributed by atoms with van der Waals surface area (Å²) in [4.78, 5) is 12.2. The number of hydrogen-bond acceptors (Lipinski definition) is 5. The summed E-state index contributed by atoms with van der Waals surface area (Å²) in [7, 11) is -1.83. The molecule has 29 heavy (non-hydrogen) atoms. The molecule has 0 saturated carbocycles. The predicted octanol–water partition coefficient (Wildman–Crippen LogP) is 3.21. The molecule has 0 aromatic heterocycles. The number of rotatable bonds is 10. The minimum Gasteiger partial charge on any atom is -0.481 e. The van der Waals surface area contributed by atoms with E-state index in [2.05, 4.69) is 24.4 Å². The lowest BCUT2D eigenvalue weighted by molar-refractivity contribution is -0.127. The molecule has 0 aliphatic carbocycles. The van der Waals surface area contributed by atoms with E-state index in [1.54, 1.807) is 43.0 Å². The lowest BCUT2D eigenvalue weighted by Gasteiger charge is -2.18. The second-order valence-electron chi connectivity index (χ2n) is 6.75. The number of nitrogens with zero attached hydrogens (tertiary/aromatic N) is 1. The van der Waals surface area contributed by atoms with Gasteiger partial charge in [-0.3, -0.25) is 9.10 Å². The number of carbonyl (C=O) groups excluding carboxylic acids is 1. The van der Waals surface area contributed by atoms with Gasteiger partial charge in [0.25, 0.3) is 5.91 Å². The summed E-state index contributed by atoms with van der Waals surface area (Å²) in [6, 6.07) is 14.9. The van der Waals surface area contributed by atoms with Gasteiger partial charge in [-0.05, 0) is 49.2 Å². The molecule has 158 valence electrons. The van der Waals surface area contributed by atoms with Crippen LogP contribution in [0.4, 0.5) is 5.69 Å². The first kappa shape index (κ1) is 23.1. The molecule has 0 fully saturated rings. The molecule has 0 saturated heterocycles. The number of anilines is 1. The van der Waals surface area contributed by atoms with Crippen molar-refractivity contribution in [3.8, 4) is 5.75 Å². The maximum Gasteiger partial charge on any atom is 0.260 e. The molecule has 2 aromatic carbocycles. The van der Waals surface area contributed by atoms with E-state index in [1.165, 1.54) is 22.5 Å². The van der Waals surface area contributed by atoms with Crippen LogP contribution in [0, 0.1) is 6.92 Å². The van der Waals surface area contributed by atoms with Crippen molar-refractivity contribution >= 4 is 33.4 Å². The Morgan fingerprint density at radius 2 is 1.83 bits per heavy atom. The Morgan fingerprint density at radius 1 is 1.17 bits per heavy atom. The van der Waals surface area contributed by atoms with Gasteiger partial charge in [-0.25, -0.2) is 8.42 Å². The Bertz CT molecular complexity index is 915. The van der Waals surface area contributed by atoms with Crippen LogP contribution in [0.3, 0.4) is 0 Å². The van der Waals surface area contributed by atoms with Crippen molar-refractivity contribution in [1.82, 2.24) is 5.32 Å². The topological polar surface area (TPSA) is 75.7 Å². The van der Waals surface area contributed by atoms with Crippen LogP contribution in [-0.2, 0) is 20.6 Å². The summed E-state index contributed by atoms with van der Waals surface area (Å²) in [6.07, 6.45) is 0.498. The SMILES string of the molecule is Cc1ccccc1CSCCNC(=O)C(C)Oc1ccc(N(C)S(C)(=O)=O)cc1. The Balaban J connectivity index is 1.74. The maximum absolute atomic E-state index is 12.2. The first-order valence-electron chi connectivity index (χ1n) is 9.29. The molecular formula is C21H28N2O4S2. The summed E-state index contributed by atoms with van der Waals surface area (Å²) in [5.41, 5.74) is 3.12. The molecular weight excluding hydrogens is 408 g/mol. The monoisotopic (exact) mass is 436 g/mol. The largest absolute Gasteiger partial charge is 0.481 e. The normalized spacial score (nSPS) is 12.3. The van der Waals surface area contributed by atoms with Crippen molar-refractivity contribution in [1.29, 1.82) is 0 Å². The van der Waals surface area contributed by atoms with Crippen LogP contribution in [0.25, 0.3) is 0 Å². The fraction of sp³-hybridized carbons (Fsp3) is 0.381. The number of thioether (sulfide) groups is 1. The lowest BCUT2D eigenvalue weighted by Crippen LogP contribution is -2.37. The Kier molecular flexibility index (Phi) is 8.40. The van der Waals surface area contributed by atoms with E-state index in [0.717, 1.165) is 17.8 Å². The molecule has 1 atom stereocenters. The smallest absolute Gasteiger partial charge is 0.260 e. The van der Waals surface area contributed by atoms with E-state index < -0.39 is 16.1 Å². The summed E-state index contributed by atoms with van der Waals surface area (Å²) >= 11 is 1.78. The molecule has 1 N–H and O–H groups in total. The van der Waals surface area contributed by atoms with Crippen molar-refractivity contribution in [2.24, 2.45) is 0 Å². The van der Waals surface area contributed by atoms with Crippen molar-refractivity contribution in [2.45, 2.75) is 25.7 Å². The minimum atomic E-state index is -3.31. The zero-order chi connectivity index (χ0) is 21.4. The van der Waals surface area contributed by atoms with E-state index in [9.17, 15) is 13.2 Å². The second kappa shape index (κ2) is 10.5. The van der Waals surface area contributed by atoms with Crippen LogP contribution < -0.4 is 14.4 Å². The third-order valence-electron chi connectivity index (χ3n) is 4.44. The number of nitrogens with one attached hydrogen (secondary N) is 1. The molecule has 0 aliphatic rings. The van der Waals surface area contributed by atoms with Crippen LogP contribution in [0.15, 0.2) is 48.5 Å². The number of sulfonamides is 1. The zero-order valence-corrected chi connectivity index (χ0v) is 18.8. The van der Waals surface area contributed by atoms with Crippen molar-refractivity contribution in [3.63, 3.8) is 0 Å². The molecule has 8 heteroatoms. The molecule has 2 rings (SSSR count). The van der Waals surface area contributed by atoms with Gasteiger partial charge >= 0.3 is 0 Å². The molecule has 0 bridgehead atoms. The summed E-state index contributed by atoms with van der Waals surface area (Å²) in [5.74, 6) is 2.06. The Labute approximate surface area is 177 Å². The molecule has 0 radical (unpaired) electrons. The highest BCUT2D eigenvalue weighted by Gasteiger charge is 2.15. The molecule has 0 aliphatic heterocycles. The Morgan fingerprint density at radius 3 is 2.45 bits per heavy atom. The number of ether oxygens (including phenoxy) is 1. The number of aryl methyl sites for hydroxylation is 1. The standard InChI is InChI=1S/C21H28N2O4S2/c1-16-7-5-6-8-18(16)15-28-14-13-22-21(24)17(2)27-20-11-9-19(10-12-20)23(3)29(4,25)26/h5-12,17H,13-15H2,1-4H3,(H,22,24). The molecule has 1 amide bonds. The highest BCUT2D eigenvalue weighted by atomic mass is 32.2. The predicted molar refractivity (Wildman–Crippen MR) is 120 cm³/mol. The Hall–Kier alpha value is -2.19. The molecule has 0 spiro atoms. The van der Waals surface area contributed by atoms with Crippen LogP contribution in [0.2, 0.25) is 0 Å². The van der Waals surface area contributed by atoms with Crippen LogP contribution in [0.1, 0.15) is 18.1 Å². The van der Waals surface area contributed by atoms with E-state index in [1.807, 2.05) is 12.1 Å². The van der Waals surface area contributed by atoms with Crippen molar-refractivity contribution in [3.05, 3.63) is 59.7 Å². The summed E-state index contributed by atoms with van der Waals surface area (Å²) < 4.78 is 30.0. The third kappa shape index (κ3) is 7.29. The number of hydrogen-bond donors (Lipinski definition) is 1. The van der Waals surface area contributed by atoms with E-state index >= 15 is 0 Å². The fourth-order valence-electron chi connectivity index (χ4n) is 2.53. The van der Waals surface area contributed by atoms with Crippen LogP contribution in [-0.4, -0.2) is 46.0 Å². The van der Waals surface area contributed by atoms with Gasteiger partial charge < -0.3 is 10.1 Å². The first-order chi connectivity index (χ1) is 13.7. The maximum atomic E-state index is 12.2. The average molecular weight is 437 g/mol. The van der Waals surface area contributed by atoms with Crippen LogP contribution in [0.5, 0.6) is 5.75 Å². The number of carbonyl (C=O) groups is 1. The van der Waals surface area contributed by atoms with Gasteiger partial charge in [-0.2, -0.15) is 11.8 Å². The van der Waals surface area contributed by atoms with Crippen molar-refractivity contribution in [2.75, 3.05) is 29.9 Å². The number of benzene rings is 2. The van der Waals surface area contributed by atoms with Gasteiger partial charge in [0.1, 0.15) is 5.75 Å². The van der Waals surface area contributed by atoms with Crippen LogP contribution >= 0.6 is 11.8 Å². The van der Waals surface area contributed by atoms with Gasteiger partial charge in [-0.1, -0.05) is 24.3 Å². The van der Waals surface area contributed by atoms with Gasteiger partial charge in [0.2, 0.25) is 10.0 Å². The zero-order valence-electron chi connectivity index (χ0n) is 17.2. The lowest BCUT2D eigenvalue weighted by atomic mass is 10.1. The molecule has 6 nitrogen and oxygen atoms in total. The van der Waals surface area contributed by atoms with Gasteiger partial charge in [0.15, 0.2) is 6.10 Å². The van der Waals surface area contributed by atoms with Gasteiger partial charge in [0, 0.05) is 25.1 Å². The van der Waals surface area contributed by atoms with Gasteiger partial charge in [0.05, 0.1) is 11.9 Å². The quantitative estimate of drug-likeness (QED) is 0.579. The van der Waals surface area contributed by atoms with E-state index in [0.29, 0.717) is 18.0 Å². The van der Waals surface area contributed by atoms with Crippen molar-refractivity contribution < 1.29 is 17.9 Å². The average Bonchev–Trinajstić information content (AvgIpc) is 2.68. The molecule has 1 unspecified atom stereocenters. The van der Waals surface area contributed by atoms with Gasteiger partial charge in [-0.15, -0.1) is 0 Å². The van der Waals surface area contributed by atoms with E-state index in [4.69, 9.17) is 4.74 Å². The minimum absolute atomic E-state index is 0.182. The number of amides is 1. The second-order valence-corrected chi connectivity index (χ2v) is 9.87. The summed E-state index contributed by atoms with van der Waals surface area (Å²) in [6.45, 7) is 4.36. The highest BCUT2D eigenvalue weighted by Crippen LogP contribution is 2.21. The molecule has 2 aromatic rings. The third-order valence-corrected chi connectivity index (χ3v) is 6.66. The summed E-state index contributed by atoms with van der Waals surface area (Å²) in [5, 5.41) is 2.88. The first-order valence-corrected chi connectivity index (χ1v) is 12.3.